The molecule has 0 aromatic carbocycles. The number of carboxylic acids is 1. The highest BCUT2D eigenvalue weighted by atomic mass is 16.4. The molecule has 7 unspecified atom stereocenters. The molecule has 4 aliphatic carbocycles. The topological polar surface area (TPSA) is 57.5 Å². The maximum atomic E-state index is 11.0. The minimum absolute atomic E-state index is 0.135. The summed E-state index contributed by atoms with van der Waals surface area (Å²) in [5.74, 6) is 1.91. The van der Waals surface area contributed by atoms with Gasteiger partial charge in [0.2, 0.25) is 0 Å². The van der Waals surface area contributed by atoms with Gasteiger partial charge in [0.15, 0.2) is 0 Å². The van der Waals surface area contributed by atoms with Crippen LogP contribution >= 0.6 is 0 Å². The molecule has 3 heteroatoms. The van der Waals surface area contributed by atoms with Crippen LogP contribution in [0, 0.1) is 34.5 Å². The second-order valence-corrected chi connectivity index (χ2v) is 10.3. The van der Waals surface area contributed by atoms with Crippen LogP contribution in [0.2, 0.25) is 0 Å². The summed E-state index contributed by atoms with van der Waals surface area (Å²) in [7, 11) is 0. The van der Waals surface area contributed by atoms with Crippen LogP contribution in [0.15, 0.2) is 23.3 Å². The van der Waals surface area contributed by atoms with Crippen LogP contribution < -0.4 is 0 Å². The number of carboxylic acid groups (broad SMARTS) is 1. The molecule has 0 radical (unpaired) electrons. The molecule has 0 saturated heterocycles. The molecule has 0 heterocycles. The SMILES string of the molecule is CC(CCC(=O)O)C1=CCC2C3CC=C4CC(O)CCC4(C)C3CCC12C. The number of aliphatic hydroxyl groups is 1. The number of aliphatic carboxylic acids is 1. The molecule has 2 saturated carbocycles. The summed E-state index contributed by atoms with van der Waals surface area (Å²) in [6.45, 7) is 7.18. The summed E-state index contributed by atoms with van der Waals surface area (Å²) in [4.78, 5) is 11.0. The molecule has 0 bridgehead atoms. The van der Waals surface area contributed by atoms with Gasteiger partial charge in [0.25, 0.3) is 0 Å². The number of fused-ring (bicyclic) bond motifs is 5. The summed E-state index contributed by atoms with van der Waals surface area (Å²) in [5.41, 5.74) is 3.63. The van der Waals surface area contributed by atoms with E-state index in [0.29, 0.717) is 17.3 Å². The first-order valence-electron chi connectivity index (χ1n) is 11.1. The number of carbonyl (C=O) groups is 1. The highest BCUT2D eigenvalue weighted by Crippen LogP contribution is 2.65. The van der Waals surface area contributed by atoms with Crippen LogP contribution in [0.25, 0.3) is 0 Å². The molecule has 3 nitrogen and oxygen atoms in total. The zero-order valence-corrected chi connectivity index (χ0v) is 17.2. The van der Waals surface area contributed by atoms with Crippen LogP contribution in [0.5, 0.6) is 0 Å². The van der Waals surface area contributed by atoms with E-state index in [1.807, 2.05) is 0 Å². The Morgan fingerprint density at radius 3 is 2.63 bits per heavy atom. The maximum absolute atomic E-state index is 11.0. The van der Waals surface area contributed by atoms with E-state index in [0.717, 1.165) is 37.5 Å². The van der Waals surface area contributed by atoms with E-state index >= 15 is 0 Å². The lowest BCUT2D eigenvalue weighted by Gasteiger charge is -2.58. The van der Waals surface area contributed by atoms with Gasteiger partial charge in [-0.2, -0.15) is 0 Å². The van der Waals surface area contributed by atoms with E-state index in [9.17, 15) is 9.90 Å². The molecular formula is C24H36O3. The van der Waals surface area contributed by atoms with Crippen LogP contribution in [0.4, 0.5) is 0 Å². The quantitative estimate of drug-likeness (QED) is 0.654. The van der Waals surface area contributed by atoms with Crippen LogP contribution in [-0.2, 0) is 4.79 Å². The zero-order valence-electron chi connectivity index (χ0n) is 17.2. The first-order valence-corrected chi connectivity index (χ1v) is 11.1. The number of aliphatic hydroxyl groups excluding tert-OH is 1. The molecule has 0 aromatic rings. The van der Waals surface area contributed by atoms with Gasteiger partial charge >= 0.3 is 5.97 Å². The maximum Gasteiger partial charge on any atom is 0.303 e. The normalized spacial score (nSPS) is 44.4. The summed E-state index contributed by atoms with van der Waals surface area (Å²) in [6.07, 6.45) is 13.7. The zero-order chi connectivity index (χ0) is 19.4. The van der Waals surface area contributed by atoms with Gasteiger partial charge in [-0.1, -0.05) is 44.1 Å². The number of rotatable bonds is 4. The Bertz CT molecular complexity index is 677. The fraction of sp³-hybridized carbons (Fsp3) is 0.792. The van der Waals surface area contributed by atoms with E-state index < -0.39 is 5.97 Å². The van der Waals surface area contributed by atoms with Crippen molar-refractivity contribution in [2.75, 3.05) is 0 Å². The number of allylic oxidation sites excluding steroid dienone is 3. The van der Waals surface area contributed by atoms with Crippen molar-refractivity contribution >= 4 is 5.97 Å². The molecule has 0 aliphatic heterocycles. The van der Waals surface area contributed by atoms with Gasteiger partial charge < -0.3 is 10.2 Å². The van der Waals surface area contributed by atoms with Crippen LogP contribution in [0.3, 0.4) is 0 Å². The van der Waals surface area contributed by atoms with Gasteiger partial charge in [-0.05, 0) is 85.9 Å². The average Bonchev–Trinajstić information content (AvgIpc) is 2.97. The highest BCUT2D eigenvalue weighted by molar-refractivity contribution is 5.66. The summed E-state index contributed by atoms with van der Waals surface area (Å²) >= 11 is 0. The Balaban J connectivity index is 1.55. The van der Waals surface area contributed by atoms with Gasteiger partial charge in [-0.15, -0.1) is 0 Å². The molecule has 0 amide bonds. The molecule has 0 aromatic heterocycles. The van der Waals surface area contributed by atoms with Crippen molar-refractivity contribution in [2.24, 2.45) is 34.5 Å². The third-order valence-electron chi connectivity index (χ3n) is 9.04. The van der Waals surface area contributed by atoms with Gasteiger partial charge in [-0.25, -0.2) is 0 Å². The van der Waals surface area contributed by atoms with E-state index in [4.69, 9.17) is 5.11 Å². The molecule has 0 spiro atoms. The van der Waals surface area contributed by atoms with Crippen LogP contribution in [0.1, 0.15) is 78.6 Å². The largest absolute Gasteiger partial charge is 0.481 e. The lowest BCUT2D eigenvalue weighted by Crippen LogP contribution is -2.50. The molecule has 2 N–H and O–H groups in total. The molecule has 4 rings (SSSR count). The molecule has 7 atom stereocenters. The number of hydrogen-bond acceptors (Lipinski definition) is 2. The Labute approximate surface area is 163 Å². The Morgan fingerprint density at radius 1 is 1.15 bits per heavy atom. The van der Waals surface area contributed by atoms with Crippen molar-refractivity contribution in [3.8, 4) is 0 Å². The van der Waals surface area contributed by atoms with E-state index in [1.165, 1.54) is 31.3 Å². The van der Waals surface area contributed by atoms with E-state index in [1.54, 1.807) is 5.57 Å². The fourth-order valence-electron chi connectivity index (χ4n) is 7.50. The molecule has 4 aliphatic rings. The first kappa shape index (κ1) is 19.2. The Kier molecular flexibility index (Phi) is 4.81. The van der Waals surface area contributed by atoms with Crippen molar-refractivity contribution in [2.45, 2.75) is 84.7 Å². The average molecular weight is 373 g/mol. The standard InChI is InChI=1S/C24H36O3/c1-15(4-9-22(26)27)19-7-8-20-18-6-5-16-14-17(25)10-12-23(16,2)21(18)11-13-24(19,20)3/h5,7,15,17-18,20-21,25H,4,6,8-14H2,1-3H3,(H,26,27). The summed E-state index contributed by atoms with van der Waals surface area (Å²) in [6, 6.07) is 0. The smallest absolute Gasteiger partial charge is 0.303 e. The van der Waals surface area contributed by atoms with Crippen LogP contribution in [-0.4, -0.2) is 22.3 Å². The first-order chi connectivity index (χ1) is 12.8. The van der Waals surface area contributed by atoms with Crippen molar-refractivity contribution in [1.29, 1.82) is 0 Å². The second-order valence-electron chi connectivity index (χ2n) is 10.3. The predicted octanol–water partition coefficient (Wildman–Crippen LogP) is 5.35. The van der Waals surface area contributed by atoms with Gasteiger partial charge in [-0.3, -0.25) is 4.79 Å². The Morgan fingerprint density at radius 2 is 1.89 bits per heavy atom. The minimum Gasteiger partial charge on any atom is -0.481 e. The summed E-state index contributed by atoms with van der Waals surface area (Å²) in [5, 5.41) is 19.2. The van der Waals surface area contributed by atoms with Crippen molar-refractivity contribution in [1.82, 2.24) is 0 Å². The van der Waals surface area contributed by atoms with E-state index in [-0.39, 0.29) is 17.9 Å². The summed E-state index contributed by atoms with van der Waals surface area (Å²) < 4.78 is 0. The minimum atomic E-state index is -0.678. The third kappa shape index (κ3) is 3.01. The lowest BCUT2D eigenvalue weighted by atomic mass is 9.47. The van der Waals surface area contributed by atoms with Gasteiger partial charge in [0.1, 0.15) is 0 Å². The Hall–Kier alpha value is -1.09. The predicted molar refractivity (Wildman–Crippen MR) is 107 cm³/mol. The molecule has 2 fully saturated rings. The van der Waals surface area contributed by atoms with Gasteiger partial charge in [0, 0.05) is 6.42 Å². The van der Waals surface area contributed by atoms with Crippen molar-refractivity contribution in [3.05, 3.63) is 23.3 Å². The number of hydrogen-bond donors (Lipinski definition) is 2. The van der Waals surface area contributed by atoms with Crippen molar-refractivity contribution < 1.29 is 15.0 Å². The fourth-order valence-corrected chi connectivity index (χ4v) is 7.50. The van der Waals surface area contributed by atoms with Crippen molar-refractivity contribution in [3.63, 3.8) is 0 Å². The van der Waals surface area contributed by atoms with Gasteiger partial charge in [0.05, 0.1) is 6.10 Å². The second kappa shape index (κ2) is 6.76. The highest BCUT2D eigenvalue weighted by Gasteiger charge is 2.56. The lowest BCUT2D eigenvalue weighted by molar-refractivity contribution is -0.137. The molecule has 27 heavy (non-hydrogen) atoms. The molecular weight excluding hydrogens is 336 g/mol. The van der Waals surface area contributed by atoms with E-state index in [2.05, 4.69) is 32.9 Å². The monoisotopic (exact) mass is 372 g/mol. The molecule has 150 valence electrons. The third-order valence-corrected chi connectivity index (χ3v) is 9.04.